The molecule has 0 amide bonds. The molecule has 1 atom stereocenters. The molecule has 1 N–H and O–H groups in total. The molecule has 2 aromatic rings. The zero-order valence-electron chi connectivity index (χ0n) is 12.7. The molecular weight excluding hydrogens is 368 g/mol. The van der Waals surface area contributed by atoms with E-state index in [0.717, 1.165) is 26.6 Å². The highest BCUT2D eigenvalue weighted by Crippen LogP contribution is 2.29. The van der Waals surface area contributed by atoms with Crippen molar-refractivity contribution in [2.45, 2.75) is 38.6 Å². The summed E-state index contributed by atoms with van der Waals surface area (Å²) in [6.45, 7) is 6.58. The molecule has 1 heterocycles. The molecule has 0 spiro atoms. The molecule has 2 rings (SSSR count). The Hall–Kier alpha value is -0.420. The van der Waals surface area contributed by atoms with Gasteiger partial charge in [-0.05, 0) is 40.7 Å². The van der Waals surface area contributed by atoms with Crippen LogP contribution in [0.2, 0.25) is 5.02 Å². The van der Waals surface area contributed by atoms with E-state index in [1.807, 2.05) is 13.1 Å². The van der Waals surface area contributed by atoms with Crippen molar-refractivity contribution in [1.29, 1.82) is 0 Å². The maximum Gasteiger partial charge on any atom is 0.0947 e. The average molecular weight is 388 g/mol. The van der Waals surface area contributed by atoms with Crippen LogP contribution in [0.3, 0.4) is 0 Å². The fourth-order valence-electron chi connectivity index (χ4n) is 2.04. The second kappa shape index (κ2) is 6.78. The molecule has 2 nitrogen and oxygen atoms in total. The van der Waals surface area contributed by atoms with Gasteiger partial charge in [-0.25, -0.2) is 4.98 Å². The number of hydrogen-bond donors (Lipinski definition) is 1. The van der Waals surface area contributed by atoms with E-state index >= 15 is 0 Å². The zero-order valence-corrected chi connectivity index (χ0v) is 15.9. The van der Waals surface area contributed by atoms with Crippen LogP contribution in [0.25, 0.3) is 0 Å². The van der Waals surface area contributed by atoms with Gasteiger partial charge in [0.1, 0.15) is 0 Å². The molecule has 0 bridgehead atoms. The van der Waals surface area contributed by atoms with E-state index in [0.29, 0.717) is 0 Å². The Kier molecular flexibility index (Phi) is 5.47. The molecule has 0 aliphatic heterocycles. The first-order valence-electron chi connectivity index (χ1n) is 6.88. The van der Waals surface area contributed by atoms with Gasteiger partial charge >= 0.3 is 0 Å². The first-order valence-corrected chi connectivity index (χ1v) is 8.93. The van der Waals surface area contributed by atoms with Crippen LogP contribution in [0, 0.1) is 0 Å². The second-order valence-electron chi connectivity index (χ2n) is 6.10. The summed E-state index contributed by atoms with van der Waals surface area (Å²) in [7, 11) is 1.98. The molecule has 21 heavy (non-hydrogen) atoms. The van der Waals surface area contributed by atoms with Crippen molar-refractivity contribution >= 4 is 38.9 Å². The molecule has 1 aromatic carbocycles. The van der Waals surface area contributed by atoms with Crippen LogP contribution in [0.4, 0.5) is 0 Å². The minimum atomic E-state index is 0.104. The van der Waals surface area contributed by atoms with Gasteiger partial charge in [0.25, 0.3) is 0 Å². The predicted molar refractivity (Wildman–Crippen MR) is 95.5 cm³/mol. The minimum Gasteiger partial charge on any atom is -0.313 e. The average Bonchev–Trinajstić information content (AvgIpc) is 2.88. The van der Waals surface area contributed by atoms with Gasteiger partial charge in [-0.15, -0.1) is 11.3 Å². The fraction of sp³-hybridized carbons (Fsp3) is 0.438. The van der Waals surface area contributed by atoms with Gasteiger partial charge in [0.15, 0.2) is 0 Å². The van der Waals surface area contributed by atoms with Gasteiger partial charge in [-0.2, -0.15) is 0 Å². The summed E-state index contributed by atoms with van der Waals surface area (Å²) in [5.74, 6) is 0. The number of hydrogen-bond acceptors (Lipinski definition) is 3. The van der Waals surface area contributed by atoms with Gasteiger partial charge in [-0.1, -0.05) is 38.4 Å². The molecule has 114 valence electrons. The molecule has 1 unspecified atom stereocenters. The number of nitrogens with one attached hydrogen (secondary N) is 1. The van der Waals surface area contributed by atoms with Gasteiger partial charge in [0.05, 0.1) is 15.7 Å². The number of rotatable bonds is 4. The number of thiazole rings is 1. The number of nitrogens with zero attached hydrogens (tertiary/aromatic N) is 1. The lowest BCUT2D eigenvalue weighted by molar-refractivity contribution is 0.560. The summed E-state index contributed by atoms with van der Waals surface area (Å²) in [5.41, 5.74) is 2.48. The second-order valence-corrected chi connectivity index (χ2v) is 8.30. The van der Waals surface area contributed by atoms with Crippen molar-refractivity contribution < 1.29 is 0 Å². The van der Waals surface area contributed by atoms with Crippen LogP contribution >= 0.6 is 38.9 Å². The molecule has 0 fully saturated rings. The van der Waals surface area contributed by atoms with Crippen LogP contribution in [0.5, 0.6) is 0 Å². The Morgan fingerprint density at radius 2 is 2.10 bits per heavy atom. The van der Waals surface area contributed by atoms with Crippen LogP contribution in [-0.2, 0) is 11.8 Å². The maximum atomic E-state index is 6.06. The van der Waals surface area contributed by atoms with Crippen molar-refractivity contribution in [1.82, 2.24) is 10.3 Å². The van der Waals surface area contributed by atoms with Crippen LogP contribution in [0.1, 0.15) is 43.1 Å². The summed E-state index contributed by atoms with van der Waals surface area (Å²) >= 11 is 11.3. The Morgan fingerprint density at radius 3 is 2.62 bits per heavy atom. The van der Waals surface area contributed by atoms with Crippen molar-refractivity contribution in [3.8, 4) is 0 Å². The Morgan fingerprint density at radius 1 is 1.38 bits per heavy atom. The third kappa shape index (κ3) is 4.28. The lowest BCUT2D eigenvalue weighted by atomic mass is 9.93. The van der Waals surface area contributed by atoms with Gasteiger partial charge < -0.3 is 5.32 Å². The molecule has 5 heteroatoms. The molecule has 0 aliphatic rings. The van der Waals surface area contributed by atoms with E-state index in [9.17, 15) is 0 Å². The van der Waals surface area contributed by atoms with Gasteiger partial charge in [-0.3, -0.25) is 0 Å². The molecular formula is C16H20BrClN2S. The van der Waals surface area contributed by atoms with Crippen molar-refractivity contribution in [3.05, 3.63) is 49.3 Å². The Labute approximate surface area is 144 Å². The summed E-state index contributed by atoms with van der Waals surface area (Å²) in [6.07, 6.45) is 0.880. The molecule has 0 aliphatic carbocycles. The maximum absolute atomic E-state index is 6.06. The normalized spacial score (nSPS) is 13.4. The van der Waals surface area contributed by atoms with E-state index in [2.05, 4.69) is 59.5 Å². The number of benzene rings is 1. The predicted octanol–water partition coefficient (Wildman–Crippen LogP) is 5.36. The summed E-state index contributed by atoms with van der Waals surface area (Å²) < 4.78 is 0.927. The highest BCUT2D eigenvalue weighted by atomic mass is 79.9. The zero-order chi connectivity index (χ0) is 15.6. The number of likely N-dealkylation sites (N-methyl/N-ethyl adjacent to an activating group) is 1. The van der Waals surface area contributed by atoms with Crippen molar-refractivity contribution in [2.24, 2.45) is 0 Å². The monoisotopic (exact) mass is 386 g/mol. The van der Waals surface area contributed by atoms with E-state index < -0.39 is 0 Å². The van der Waals surface area contributed by atoms with E-state index in [-0.39, 0.29) is 11.5 Å². The molecule has 0 radical (unpaired) electrons. The van der Waals surface area contributed by atoms with E-state index in [4.69, 9.17) is 16.6 Å². The lowest BCUT2D eigenvalue weighted by Gasteiger charge is -2.17. The smallest absolute Gasteiger partial charge is 0.0947 e. The number of aromatic nitrogens is 1. The van der Waals surface area contributed by atoms with Crippen LogP contribution in [0.15, 0.2) is 28.1 Å². The van der Waals surface area contributed by atoms with Crippen molar-refractivity contribution in [2.75, 3.05) is 7.05 Å². The largest absolute Gasteiger partial charge is 0.313 e. The highest BCUT2D eigenvalue weighted by Gasteiger charge is 2.19. The summed E-state index contributed by atoms with van der Waals surface area (Å²) in [6, 6.07) is 6.29. The van der Waals surface area contributed by atoms with Crippen molar-refractivity contribution in [3.63, 3.8) is 0 Å². The van der Waals surface area contributed by atoms with Gasteiger partial charge in [0.2, 0.25) is 0 Å². The SMILES string of the molecule is CNC(Cc1nc(C(C)(C)C)cs1)c1ccc(Cl)c(Br)c1. The minimum absolute atomic E-state index is 0.104. The molecule has 0 saturated heterocycles. The first kappa shape index (κ1) is 16.9. The quantitative estimate of drug-likeness (QED) is 0.764. The van der Waals surface area contributed by atoms with E-state index in [1.54, 1.807) is 11.3 Å². The Balaban J connectivity index is 2.19. The third-order valence-corrected chi connectivity index (χ3v) is 5.48. The summed E-state index contributed by atoms with van der Waals surface area (Å²) in [5, 5.41) is 7.42. The molecule has 0 saturated carbocycles. The van der Waals surface area contributed by atoms with Crippen LogP contribution in [-0.4, -0.2) is 12.0 Å². The Bertz CT molecular complexity index is 619. The lowest BCUT2D eigenvalue weighted by Crippen LogP contribution is -2.19. The molecule has 1 aromatic heterocycles. The fourth-order valence-corrected chi connectivity index (χ4v) is 3.62. The topological polar surface area (TPSA) is 24.9 Å². The van der Waals surface area contributed by atoms with Crippen LogP contribution < -0.4 is 5.32 Å². The van der Waals surface area contributed by atoms with E-state index in [1.165, 1.54) is 5.56 Å². The number of halogens is 2. The van der Waals surface area contributed by atoms with Gasteiger partial charge in [0, 0.05) is 27.7 Å². The highest BCUT2D eigenvalue weighted by molar-refractivity contribution is 9.10. The standard InChI is InChI=1S/C16H20BrClN2S/c1-16(2,3)14-9-21-15(20-14)8-13(19-4)10-5-6-12(18)11(17)7-10/h5-7,9,13,19H,8H2,1-4H3. The third-order valence-electron chi connectivity index (χ3n) is 3.39. The first-order chi connectivity index (χ1) is 9.81. The summed E-state index contributed by atoms with van der Waals surface area (Å²) in [4.78, 5) is 4.78.